The number of hydrogen-bond donors (Lipinski definition) is 2. The van der Waals surface area contributed by atoms with Crippen molar-refractivity contribution in [2.75, 3.05) is 26.1 Å². The second kappa shape index (κ2) is 10.7. The van der Waals surface area contributed by atoms with E-state index < -0.39 is 0 Å². The summed E-state index contributed by atoms with van der Waals surface area (Å²) in [7, 11) is 3.08. The Kier molecular flexibility index (Phi) is 7.32. The van der Waals surface area contributed by atoms with Gasteiger partial charge in [0.25, 0.3) is 11.8 Å². The Hall–Kier alpha value is -4.00. The number of methoxy groups -OCH3 is 2. The molecule has 0 radical (unpaired) electrons. The van der Waals surface area contributed by atoms with E-state index in [2.05, 4.69) is 22.8 Å². The number of carbonyl (C=O) groups excluding carboxylic acids is 2. The van der Waals surface area contributed by atoms with Crippen LogP contribution in [0.4, 0.5) is 5.69 Å². The van der Waals surface area contributed by atoms with Gasteiger partial charge in [0.15, 0.2) is 18.1 Å². The van der Waals surface area contributed by atoms with Gasteiger partial charge in [0.2, 0.25) is 0 Å². The van der Waals surface area contributed by atoms with E-state index in [-0.39, 0.29) is 24.5 Å². The van der Waals surface area contributed by atoms with Crippen molar-refractivity contribution in [2.24, 2.45) is 0 Å². The summed E-state index contributed by atoms with van der Waals surface area (Å²) in [5, 5.41) is 5.90. The molecular formula is C27H28N2O5. The molecule has 1 aliphatic rings. The van der Waals surface area contributed by atoms with Crippen molar-refractivity contribution in [1.29, 1.82) is 0 Å². The maximum absolute atomic E-state index is 12.9. The smallest absolute Gasteiger partial charge is 0.262 e. The van der Waals surface area contributed by atoms with E-state index >= 15 is 0 Å². The Morgan fingerprint density at radius 1 is 0.941 bits per heavy atom. The molecule has 7 heteroatoms. The van der Waals surface area contributed by atoms with Crippen LogP contribution >= 0.6 is 0 Å². The fourth-order valence-corrected chi connectivity index (χ4v) is 4.09. The summed E-state index contributed by atoms with van der Waals surface area (Å²) < 4.78 is 16.2. The normalized spacial score (nSPS) is 14.5. The number of fused-ring (bicyclic) bond motifs is 1. The van der Waals surface area contributed by atoms with E-state index in [9.17, 15) is 9.59 Å². The lowest BCUT2D eigenvalue weighted by Gasteiger charge is -2.26. The summed E-state index contributed by atoms with van der Waals surface area (Å²) >= 11 is 0. The lowest BCUT2D eigenvalue weighted by Crippen LogP contribution is -2.31. The third-order valence-electron chi connectivity index (χ3n) is 5.83. The van der Waals surface area contributed by atoms with Gasteiger partial charge in [-0.2, -0.15) is 0 Å². The molecule has 3 aromatic carbocycles. The topological polar surface area (TPSA) is 85.9 Å². The third kappa shape index (κ3) is 5.49. The average molecular weight is 461 g/mol. The first-order valence-corrected chi connectivity index (χ1v) is 11.2. The predicted molar refractivity (Wildman–Crippen MR) is 130 cm³/mol. The van der Waals surface area contributed by atoms with Crippen LogP contribution in [0.3, 0.4) is 0 Å². The van der Waals surface area contributed by atoms with E-state index in [0.717, 1.165) is 19.3 Å². The lowest BCUT2D eigenvalue weighted by molar-refractivity contribution is -0.118. The first kappa shape index (κ1) is 23.2. The molecule has 0 saturated heterocycles. The first-order valence-electron chi connectivity index (χ1n) is 11.2. The van der Waals surface area contributed by atoms with Crippen molar-refractivity contribution in [2.45, 2.75) is 25.3 Å². The summed E-state index contributed by atoms with van der Waals surface area (Å²) in [6, 6.07) is 20.2. The molecular weight excluding hydrogens is 432 g/mol. The Morgan fingerprint density at radius 2 is 1.74 bits per heavy atom. The summed E-state index contributed by atoms with van der Waals surface area (Å²) in [6.07, 6.45) is 2.98. The van der Waals surface area contributed by atoms with Gasteiger partial charge in [-0.3, -0.25) is 9.59 Å². The van der Waals surface area contributed by atoms with E-state index in [1.165, 1.54) is 18.2 Å². The fraction of sp³-hybridized carbons (Fsp3) is 0.259. The molecule has 0 aromatic heterocycles. The predicted octanol–water partition coefficient (Wildman–Crippen LogP) is 4.53. The number of aryl methyl sites for hydroxylation is 1. The van der Waals surface area contributed by atoms with Crippen LogP contribution in [0.1, 0.15) is 40.4 Å². The number of hydrogen-bond acceptors (Lipinski definition) is 5. The van der Waals surface area contributed by atoms with E-state index in [1.54, 1.807) is 49.6 Å². The van der Waals surface area contributed by atoms with Crippen molar-refractivity contribution in [3.8, 4) is 17.2 Å². The summed E-state index contributed by atoms with van der Waals surface area (Å²) in [4.78, 5) is 25.2. The number of amides is 2. The van der Waals surface area contributed by atoms with Crippen molar-refractivity contribution in [3.63, 3.8) is 0 Å². The first-order chi connectivity index (χ1) is 16.6. The molecule has 4 rings (SSSR count). The highest BCUT2D eigenvalue weighted by Crippen LogP contribution is 2.31. The number of carbonyl (C=O) groups is 2. The molecule has 34 heavy (non-hydrogen) atoms. The molecule has 0 fully saturated rings. The summed E-state index contributed by atoms with van der Waals surface area (Å²) in [5.74, 6) is 0.977. The molecule has 1 aliphatic carbocycles. The molecule has 0 heterocycles. The van der Waals surface area contributed by atoms with Gasteiger partial charge in [-0.05, 0) is 72.9 Å². The monoisotopic (exact) mass is 460 g/mol. The van der Waals surface area contributed by atoms with Gasteiger partial charge in [-0.15, -0.1) is 0 Å². The third-order valence-corrected chi connectivity index (χ3v) is 5.83. The average Bonchev–Trinajstić information content (AvgIpc) is 2.88. The minimum atomic E-state index is -0.315. The van der Waals surface area contributed by atoms with Gasteiger partial charge in [0.05, 0.1) is 20.3 Å². The summed E-state index contributed by atoms with van der Waals surface area (Å²) in [6.45, 7) is -0.202. The summed E-state index contributed by atoms with van der Waals surface area (Å²) in [5.41, 5.74) is 3.57. The van der Waals surface area contributed by atoms with Gasteiger partial charge >= 0.3 is 0 Å². The maximum atomic E-state index is 12.9. The Balaban J connectivity index is 1.37. The fourth-order valence-electron chi connectivity index (χ4n) is 4.09. The molecule has 176 valence electrons. The minimum Gasteiger partial charge on any atom is -0.497 e. The van der Waals surface area contributed by atoms with Crippen LogP contribution < -0.4 is 24.8 Å². The number of nitrogens with one attached hydrogen (secondary N) is 2. The SMILES string of the molecule is COc1ccc(NC(=O)COc2ccc(C(=O)N[C@H]3CCCc4ccccc43)cc2OC)cc1. The lowest BCUT2D eigenvalue weighted by atomic mass is 9.87. The van der Waals surface area contributed by atoms with Gasteiger partial charge in [-0.25, -0.2) is 0 Å². The Bertz CT molecular complexity index is 1160. The van der Waals surface area contributed by atoms with Gasteiger partial charge in [-0.1, -0.05) is 24.3 Å². The van der Waals surface area contributed by atoms with Gasteiger partial charge < -0.3 is 24.8 Å². The Labute approximate surface area is 199 Å². The second-order valence-corrected chi connectivity index (χ2v) is 8.05. The van der Waals surface area contributed by atoms with E-state index in [4.69, 9.17) is 14.2 Å². The zero-order valence-electron chi connectivity index (χ0n) is 19.3. The molecule has 1 atom stereocenters. The molecule has 0 unspecified atom stereocenters. The van der Waals surface area contributed by atoms with Crippen LogP contribution in [-0.4, -0.2) is 32.6 Å². The zero-order valence-corrected chi connectivity index (χ0v) is 19.3. The number of benzene rings is 3. The number of rotatable bonds is 8. The molecule has 2 N–H and O–H groups in total. The van der Waals surface area contributed by atoms with E-state index in [0.29, 0.717) is 28.5 Å². The van der Waals surface area contributed by atoms with Crippen LogP contribution in [0.15, 0.2) is 66.7 Å². The van der Waals surface area contributed by atoms with Crippen molar-refractivity contribution < 1.29 is 23.8 Å². The molecule has 0 bridgehead atoms. The molecule has 3 aromatic rings. The van der Waals surface area contributed by atoms with Crippen LogP contribution in [0.5, 0.6) is 17.2 Å². The van der Waals surface area contributed by atoms with Crippen LogP contribution in [0.2, 0.25) is 0 Å². The molecule has 7 nitrogen and oxygen atoms in total. The van der Waals surface area contributed by atoms with Gasteiger partial charge in [0, 0.05) is 11.3 Å². The number of ether oxygens (including phenoxy) is 3. The van der Waals surface area contributed by atoms with Crippen molar-refractivity contribution in [1.82, 2.24) is 5.32 Å². The van der Waals surface area contributed by atoms with Crippen molar-refractivity contribution in [3.05, 3.63) is 83.4 Å². The molecule has 2 amide bonds. The molecule has 0 spiro atoms. The molecule has 0 aliphatic heterocycles. The van der Waals surface area contributed by atoms with Gasteiger partial charge in [0.1, 0.15) is 5.75 Å². The van der Waals surface area contributed by atoms with E-state index in [1.807, 2.05) is 12.1 Å². The quantitative estimate of drug-likeness (QED) is 0.516. The highest BCUT2D eigenvalue weighted by molar-refractivity contribution is 5.95. The minimum absolute atomic E-state index is 0.0129. The van der Waals surface area contributed by atoms with Crippen molar-refractivity contribution >= 4 is 17.5 Å². The Morgan fingerprint density at radius 3 is 2.50 bits per heavy atom. The van der Waals surface area contributed by atoms with Crippen LogP contribution in [-0.2, 0) is 11.2 Å². The largest absolute Gasteiger partial charge is 0.497 e. The highest BCUT2D eigenvalue weighted by Gasteiger charge is 2.22. The maximum Gasteiger partial charge on any atom is 0.262 e. The highest BCUT2D eigenvalue weighted by atomic mass is 16.5. The number of anilines is 1. The standard InChI is InChI=1S/C27H28N2O5/c1-32-21-13-11-20(12-14-21)28-26(30)17-34-24-15-10-19(16-25(24)33-2)27(31)29-23-9-5-7-18-6-3-4-8-22(18)23/h3-4,6,8,10-16,23H,5,7,9,17H2,1-2H3,(H,28,30)(H,29,31)/t23-/m0/s1. The second-order valence-electron chi connectivity index (χ2n) is 8.05. The van der Waals surface area contributed by atoms with Crippen LogP contribution in [0.25, 0.3) is 0 Å². The zero-order chi connectivity index (χ0) is 23.9. The van der Waals surface area contributed by atoms with Crippen LogP contribution in [0, 0.1) is 0 Å². The molecule has 0 saturated carbocycles.